The van der Waals surface area contributed by atoms with Crippen LogP contribution in [0.5, 0.6) is 5.75 Å². The number of hydrogen-bond donors (Lipinski definition) is 1. The van der Waals surface area contributed by atoms with Crippen LogP contribution in [0.4, 0.5) is 13.2 Å². The van der Waals surface area contributed by atoms with E-state index in [1.165, 1.54) is 19.1 Å². The Morgan fingerprint density at radius 1 is 1.15 bits per heavy atom. The molecule has 1 aromatic carbocycles. The minimum atomic E-state index is -4.58. The molecular weight excluding hydrogens is 383 g/mol. The molecule has 1 N–H and O–H groups in total. The molecule has 0 aliphatic heterocycles. The standard InChI is InChI=1S/C17H20F3N3O3S/c1-4-26-14-6-5-13(9-11(14)2)27(24,25)21-8-7-16-22-12(3)10-15(23-16)17(18,19)20/h5-6,9-10,21H,4,7-8H2,1-3H3. The summed E-state index contributed by atoms with van der Waals surface area (Å²) in [4.78, 5) is 7.43. The molecule has 0 spiro atoms. The first-order chi connectivity index (χ1) is 12.5. The van der Waals surface area contributed by atoms with Crippen LogP contribution in [0.25, 0.3) is 0 Å². The third kappa shape index (κ3) is 5.64. The molecule has 10 heteroatoms. The third-order valence-corrected chi connectivity index (χ3v) is 5.05. The molecule has 27 heavy (non-hydrogen) atoms. The van der Waals surface area contributed by atoms with Gasteiger partial charge in [0.2, 0.25) is 10.0 Å². The van der Waals surface area contributed by atoms with E-state index in [0.717, 1.165) is 6.07 Å². The number of nitrogens with one attached hydrogen (secondary N) is 1. The number of sulfonamides is 1. The van der Waals surface area contributed by atoms with Crippen molar-refractivity contribution in [2.24, 2.45) is 0 Å². The van der Waals surface area contributed by atoms with Gasteiger partial charge in [-0.2, -0.15) is 13.2 Å². The normalized spacial score (nSPS) is 12.2. The number of halogens is 3. The number of hydrogen-bond acceptors (Lipinski definition) is 5. The number of aryl methyl sites for hydroxylation is 2. The Labute approximate surface area is 155 Å². The zero-order valence-electron chi connectivity index (χ0n) is 15.1. The Bertz CT molecular complexity index is 915. The molecule has 2 rings (SSSR count). The Kier molecular flexibility index (Phi) is 6.42. The topological polar surface area (TPSA) is 81.2 Å². The molecule has 0 radical (unpaired) electrons. The largest absolute Gasteiger partial charge is 0.494 e. The minimum absolute atomic E-state index is 0.0459. The van der Waals surface area contributed by atoms with Crippen LogP contribution < -0.4 is 9.46 Å². The van der Waals surface area contributed by atoms with E-state index >= 15 is 0 Å². The Balaban J connectivity index is 2.08. The predicted octanol–water partition coefficient (Wildman–Crippen LogP) is 3.03. The lowest BCUT2D eigenvalue weighted by molar-refractivity contribution is -0.141. The molecule has 0 unspecified atom stereocenters. The van der Waals surface area contributed by atoms with Crippen LogP contribution in [0.15, 0.2) is 29.2 Å². The fraction of sp³-hybridized carbons (Fsp3) is 0.412. The van der Waals surface area contributed by atoms with Gasteiger partial charge in [-0.3, -0.25) is 0 Å². The fourth-order valence-electron chi connectivity index (χ4n) is 2.37. The number of ether oxygens (including phenoxy) is 1. The van der Waals surface area contributed by atoms with Gasteiger partial charge < -0.3 is 4.74 Å². The number of aromatic nitrogens is 2. The van der Waals surface area contributed by atoms with Gasteiger partial charge in [0.05, 0.1) is 11.5 Å². The fourth-order valence-corrected chi connectivity index (χ4v) is 3.49. The average Bonchev–Trinajstić information content (AvgIpc) is 2.55. The summed E-state index contributed by atoms with van der Waals surface area (Å²) in [5.74, 6) is 0.511. The Morgan fingerprint density at radius 3 is 2.44 bits per heavy atom. The minimum Gasteiger partial charge on any atom is -0.494 e. The van der Waals surface area contributed by atoms with Crippen LogP contribution in [-0.2, 0) is 22.6 Å². The first-order valence-corrected chi connectivity index (χ1v) is 9.66. The van der Waals surface area contributed by atoms with E-state index in [9.17, 15) is 21.6 Å². The van der Waals surface area contributed by atoms with Crippen LogP contribution in [0, 0.1) is 13.8 Å². The maximum atomic E-state index is 12.8. The highest BCUT2D eigenvalue weighted by atomic mass is 32.2. The smallest absolute Gasteiger partial charge is 0.433 e. The highest BCUT2D eigenvalue weighted by molar-refractivity contribution is 7.89. The molecule has 0 bridgehead atoms. The summed E-state index contributed by atoms with van der Waals surface area (Å²) in [6.07, 6.45) is -4.65. The molecule has 0 aliphatic carbocycles. The Morgan fingerprint density at radius 2 is 1.85 bits per heavy atom. The van der Waals surface area contributed by atoms with Crippen molar-refractivity contribution >= 4 is 10.0 Å². The lowest BCUT2D eigenvalue weighted by Crippen LogP contribution is -2.27. The van der Waals surface area contributed by atoms with E-state index in [1.807, 2.05) is 6.92 Å². The van der Waals surface area contributed by atoms with Crippen molar-refractivity contribution in [3.05, 3.63) is 47.0 Å². The second kappa shape index (κ2) is 8.22. The van der Waals surface area contributed by atoms with E-state index < -0.39 is 21.9 Å². The van der Waals surface area contributed by atoms with Crippen molar-refractivity contribution in [1.29, 1.82) is 0 Å². The second-order valence-electron chi connectivity index (χ2n) is 5.82. The monoisotopic (exact) mass is 403 g/mol. The third-order valence-electron chi connectivity index (χ3n) is 3.59. The van der Waals surface area contributed by atoms with Gasteiger partial charge in [-0.15, -0.1) is 0 Å². The molecular formula is C17H20F3N3O3S. The maximum Gasteiger partial charge on any atom is 0.433 e. The van der Waals surface area contributed by atoms with Crippen molar-refractivity contribution < 1.29 is 26.3 Å². The SMILES string of the molecule is CCOc1ccc(S(=O)(=O)NCCc2nc(C)cc(C(F)(F)F)n2)cc1C. The van der Waals surface area contributed by atoms with Gasteiger partial charge in [-0.1, -0.05) is 0 Å². The van der Waals surface area contributed by atoms with Gasteiger partial charge in [-0.25, -0.2) is 23.1 Å². The predicted molar refractivity (Wildman–Crippen MR) is 93.0 cm³/mol. The highest BCUT2D eigenvalue weighted by Crippen LogP contribution is 2.27. The molecule has 148 valence electrons. The quantitative estimate of drug-likeness (QED) is 0.769. The van der Waals surface area contributed by atoms with Gasteiger partial charge in [0, 0.05) is 18.7 Å². The van der Waals surface area contributed by atoms with E-state index in [2.05, 4.69) is 14.7 Å². The molecule has 2 aromatic rings. The molecule has 0 saturated heterocycles. The van der Waals surface area contributed by atoms with Gasteiger partial charge in [0.25, 0.3) is 0 Å². The zero-order valence-corrected chi connectivity index (χ0v) is 15.9. The van der Waals surface area contributed by atoms with E-state index in [0.29, 0.717) is 17.9 Å². The number of alkyl halides is 3. The molecule has 0 atom stereocenters. The van der Waals surface area contributed by atoms with Crippen LogP contribution in [0.1, 0.15) is 29.7 Å². The summed E-state index contributed by atoms with van der Waals surface area (Å²) in [6, 6.07) is 5.28. The summed E-state index contributed by atoms with van der Waals surface area (Å²) < 4.78 is 70.8. The molecule has 1 aromatic heterocycles. The van der Waals surface area contributed by atoms with Crippen LogP contribution in [0.3, 0.4) is 0 Å². The maximum absolute atomic E-state index is 12.8. The number of nitrogens with zero attached hydrogens (tertiary/aromatic N) is 2. The van der Waals surface area contributed by atoms with Crippen molar-refractivity contribution in [2.75, 3.05) is 13.2 Å². The lowest BCUT2D eigenvalue weighted by atomic mass is 10.2. The zero-order chi connectivity index (χ0) is 20.2. The summed E-state index contributed by atoms with van der Waals surface area (Å²) >= 11 is 0. The van der Waals surface area contributed by atoms with Crippen molar-refractivity contribution in [3.8, 4) is 5.75 Å². The summed E-state index contributed by atoms with van der Waals surface area (Å²) in [5, 5.41) is 0. The number of rotatable bonds is 7. The molecule has 0 saturated carbocycles. The van der Waals surface area contributed by atoms with Gasteiger partial charge in [-0.05, 0) is 50.6 Å². The Hall–Kier alpha value is -2.20. The van der Waals surface area contributed by atoms with E-state index in [-0.39, 0.29) is 29.4 Å². The second-order valence-corrected chi connectivity index (χ2v) is 7.58. The van der Waals surface area contributed by atoms with Crippen molar-refractivity contribution in [1.82, 2.24) is 14.7 Å². The lowest BCUT2D eigenvalue weighted by Gasteiger charge is -2.11. The van der Waals surface area contributed by atoms with Crippen molar-refractivity contribution in [2.45, 2.75) is 38.3 Å². The molecule has 0 aliphatic rings. The van der Waals surface area contributed by atoms with E-state index in [1.54, 1.807) is 13.0 Å². The summed E-state index contributed by atoms with van der Waals surface area (Å²) in [5.41, 5.74) is -0.219. The van der Waals surface area contributed by atoms with Crippen LogP contribution in [0.2, 0.25) is 0 Å². The molecule has 0 fully saturated rings. The molecule has 6 nitrogen and oxygen atoms in total. The molecule has 1 heterocycles. The highest BCUT2D eigenvalue weighted by Gasteiger charge is 2.33. The van der Waals surface area contributed by atoms with Gasteiger partial charge >= 0.3 is 6.18 Å². The first-order valence-electron chi connectivity index (χ1n) is 8.18. The first kappa shape index (κ1) is 21.1. The van der Waals surface area contributed by atoms with Gasteiger partial charge in [0.1, 0.15) is 17.3 Å². The molecule has 0 amide bonds. The van der Waals surface area contributed by atoms with Crippen LogP contribution in [-0.4, -0.2) is 31.5 Å². The number of benzene rings is 1. The summed E-state index contributed by atoms with van der Waals surface area (Å²) in [6.45, 7) is 5.30. The van der Waals surface area contributed by atoms with Crippen LogP contribution >= 0.6 is 0 Å². The van der Waals surface area contributed by atoms with E-state index in [4.69, 9.17) is 4.74 Å². The van der Waals surface area contributed by atoms with Crippen molar-refractivity contribution in [3.63, 3.8) is 0 Å². The average molecular weight is 403 g/mol. The van der Waals surface area contributed by atoms with Gasteiger partial charge in [0.15, 0.2) is 0 Å². The summed E-state index contributed by atoms with van der Waals surface area (Å²) in [7, 11) is -3.82.